The number of rotatable bonds is 3. The number of aromatic amines is 1. The summed E-state index contributed by atoms with van der Waals surface area (Å²) in [5, 5.41) is 9.84. The van der Waals surface area contributed by atoms with Gasteiger partial charge in [-0.15, -0.1) is 0 Å². The number of carbonyl (C=O) groups excluding carboxylic acids is 2. The highest BCUT2D eigenvalue weighted by atomic mass is 35.5. The van der Waals surface area contributed by atoms with Gasteiger partial charge in [-0.25, -0.2) is 4.39 Å². The smallest absolute Gasteiger partial charge is 0.308 e. The van der Waals surface area contributed by atoms with Gasteiger partial charge in [0.05, 0.1) is 16.2 Å². The minimum atomic E-state index is -0.822. The van der Waals surface area contributed by atoms with E-state index in [1.54, 1.807) is 18.2 Å². The van der Waals surface area contributed by atoms with Crippen LogP contribution in [-0.2, 0) is 4.79 Å². The maximum atomic E-state index is 13.9. The SMILES string of the molecule is CC(=O)Oc1cc(Cl)c(NC(=O)c2n[nH]c3ccccc23)cc1F. The number of benzene rings is 2. The Kier molecular flexibility index (Phi) is 4.18. The number of carbonyl (C=O) groups is 2. The van der Waals surface area contributed by atoms with Crippen molar-refractivity contribution in [2.24, 2.45) is 0 Å². The molecule has 0 aliphatic heterocycles. The topological polar surface area (TPSA) is 84.1 Å². The number of nitrogens with zero attached hydrogens (tertiary/aromatic N) is 1. The lowest BCUT2D eigenvalue weighted by Gasteiger charge is -2.09. The molecule has 2 aromatic carbocycles. The van der Waals surface area contributed by atoms with Crippen LogP contribution in [0.1, 0.15) is 17.4 Å². The molecule has 1 amide bonds. The predicted octanol–water partition coefficient (Wildman–Crippen LogP) is 3.53. The Labute approximate surface area is 140 Å². The van der Waals surface area contributed by atoms with Crippen LogP contribution in [0, 0.1) is 5.82 Å². The summed E-state index contributed by atoms with van der Waals surface area (Å²) in [5.74, 6) is -2.36. The number of ether oxygens (including phenoxy) is 1. The highest BCUT2D eigenvalue weighted by Crippen LogP contribution is 2.30. The number of esters is 1. The Bertz CT molecular complexity index is 955. The fraction of sp³-hybridized carbons (Fsp3) is 0.0625. The fourth-order valence-electron chi connectivity index (χ4n) is 2.18. The third-order valence-corrected chi connectivity index (χ3v) is 3.52. The van der Waals surface area contributed by atoms with Crippen LogP contribution in [0.15, 0.2) is 36.4 Å². The molecule has 0 bridgehead atoms. The second-order valence-corrected chi connectivity index (χ2v) is 5.34. The van der Waals surface area contributed by atoms with Gasteiger partial charge in [-0.1, -0.05) is 29.8 Å². The van der Waals surface area contributed by atoms with Crippen molar-refractivity contribution in [2.45, 2.75) is 6.92 Å². The number of para-hydroxylation sites is 1. The fourth-order valence-corrected chi connectivity index (χ4v) is 2.38. The van der Waals surface area contributed by atoms with Crippen molar-refractivity contribution in [3.63, 3.8) is 0 Å². The summed E-state index contributed by atoms with van der Waals surface area (Å²) >= 11 is 6.01. The molecule has 3 rings (SSSR count). The highest BCUT2D eigenvalue weighted by Gasteiger charge is 2.17. The number of anilines is 1. The van der Waals surface area contributed by atoms with Gasteiger partial charge in [-0.3, -0.25) is 14.7 Å². The van der Waals surface area contributed by atoms with Gasteiger partial charge in [0.15, 0.2) is 17.3 Å². The minimum absolute atomic E-state index is 0.0286. The highest BCUT2D eigenvalue weighted by molar-refractivity contribution is 6.34. The van der Waals surface area contributed by atoms with Gasteiger partial charge in [0, 0.05) is 24.4 Å². The summed E-state index contributed by atoms with van der Waals surface area (Å²) in [5.41, 5.74) is 0.901. The maximum absolute atomic E-state index is 13.9. The summed E-state index contributed by atoms with van der Waals surface area (Å²) in [4.78, 5) is 23.3. The molecule has 0 atom stereocenters. The average molecular weight is 348 g/mol. The van der Waals surface area contributed by atoms with E-state index in [0.717, 1.165) is 19.1 Å². The number of fused-ring (bicyclic) bond motifs is 1. The molecule has 3 aromatic rings. The Balaban J connectivity index is 1.89. The molecule has 122 valence electrons. The number of hydrogen-bond donors (Lipinski definition) is 2. The summed E-state index contributed by atoms with van der Waals surface area (Å²) < 4.78 is 18.6. The molecule has 24 heavy (non-hydrogen) atoms. The first kappa shape index (κ1) is 15.9. The van der Waals surface area contributed by atoms with Crippen molar-refractivity contribution in [1.82, 2.24) is 10.2 Å². The van der Waals surface area contributed by atoms with Crippen molar-refractivity contribution >= 4 is 40.1 Å². The monoisotopic (exact) mass is 347 g/mol. The number of amides is 1. The molecule has 8 heteroatoms. The van der Waals surface area contributed by atoms with Crippen molar-refractivity contribution in [1.29, 1.82) is 0 Å². The molecule has 0 spiro atoms. The van der Waals surface area contributed by atoms with Gasteiger partial charge in [0.25, 0.3) is 5.91 Å². The molecule has 0 unspecified atom stereocenters. The Morgan fingerprint density at radius 3 is 2.79 bits per heavy atom. The number of nitrogens with one attached hydrogen (secondary N) is 2. The molecule has 2 N–H and O–H groups in total. The number of hydrogen-bond acceptors (Lipinski definition) is 4. The van der Waals surface area contributed by atoms with Gasteiger partial charge < -0.3 is 10.1 Å². The second kappa shape index (κ2) is 6.29. The van der Waals surface area contributed by atoms with Crippen LogP contribution in [0.2, 0.25) is 5.02 Å². The van der Waals surface area contributed by atoms with Crippen LogP contribution in [0.25, 0.3) is 10.9 Å². The van der Waals surface area contributed by atoms with Gasteiger partial charge in [-0.05, 0) is 6.07 Å². The van der Waals surface area contributed by atoms with Crippen molar-refractivity contribution in [3.8, 4) is 5.75 Å². The van der Waals surface area contributed by atoms with Gasteiger partial charge in [-0.2, -0.15) is 5.10 Å². The van der Waals surface area contributed by atoms with E-state index in [-0.39, 0.29) is 22.2 Å². The normalized spacial score (nSPS) is 10.6. The van der Waals surface area contributed by atoms with Crippen LogP contribution in [0.3, 0.4) is 0 Å². The quantitative estimate of drug-likeness (QED) is 0.560. The van der Waals surface area contributed by atoms with E-state index in [0.29, 0.717) is 10.9 Å². The van der Waals surface area contributed by atoms with Gasteiger partial charge >= 0.3 is 5.97 Å². The molecule has 6 nitrogen and oxygen atoms in total. The van der Waals surface area contributed by atoms with Crippen LogP contribution in [0.5, 0.6) is 5.75 Å². The Morgan fingerprint density at radius 1 is 1.29 bits per heavy atom. The number of aromatic nitrogens is 2. The third-order valence-electron chi connectivity index (χ3n) is 3.21. The van der Waals surface area contributed by atoms with Crippen LogP contribution < -0.4 is 10.1 Å². The molecule has 0 aliphatic rings. The first-order valence-electron chi connectivity index (χ1n) is 6.87. The molecule has 0 saturated heterocycles. The summed E-state index contributed by atoms with van der Waals surface area (Å²) in [6.45, 7) is 1.14. The first-order chi connectivity index (χ1) is 11.5. The lowest BCUT2D eigenvalue weighted by atomic mass is 10.2. The molecule has 0 fully saturated rings. The maximum Gasteiger partial charge on any atom is 0.308 e. The van der Waals surface area contributed by atoms with E-state index in [9.17, 15) is 14.0 Å². The lowest BCUT2D eigenvalue weighted by molar-refractivity contribution is -0.132. The zero-order chi connectivity index (χ0) is 17.3. The van der Waals surface area contributed by atoms with Crippen molar-refractivity contribution in [3.05, 3.63) is 52.9 Å². The largest absolute Gasteiger partial charge is 0.424 e. The zero-order valence-electron chi connectivity index (χ0n) is 12.4. The third kappa shape index (κ3) is 3.07. The van der Waals surface area contributed by atoms with E-state index >= 15 is 0 Å². The van der Waals surface area contributed by atoms with Crippen LogP contribution >= 0.6 is 11.6 Å². The molecule has 0 saturated carbocycles. The van der Waals surface area contributed by atoms with Gasteiger partial charge in [0.1, 0.15) is 0 Å². The van der Waals surface area contributed by atoms with Crippen molar-refractivity contribution in [2.75, 3.05) is 5.32 Å². The Hall–Kier alpha value is -2.93. The second-order valence-electron chi connectivity index (χ2n) is 4.93. The lowest BCUT2D eigenvalue weighted by Crippen LogP contribution is -2.13. The predicted molar refractivity (Wildman–Crippen MR) is 86.8 cm³/mol. The van der Waals surface area contributed by atoms with E-state index in [1.165, 1.54) is 0 Å². The van der Waals surface area contributed by atoms with Crippen LogP contribution in [-0.4, -0.2) is 22.1 Å². The molecule has 0 radical (unpaired) electrons. The van der Waals surface area contributed by atoms with Gasteiger partial charge in [0.2, 0.25) is 0 Å². The van der Waals surface area contributed by atoms with E-state index in [4.69, 9.17) is 11.6 Å². The average Bonchev–Trinajstić information content (AvgIpc) is 2.95. The van der Waals surface area contributed by atoms with Crippen LogP contribution in [0.4, 0.5) is 10.1 Å². The first-order valence-corrected chi connectivity index (χ1v) is 7.25. The van der Waals surface area contributed by atoms with Crippen molar-refractivity contribution < 1.29 is 18.7 Å². The van der Waals surface area contributed by atoms with E-state index < -0.39 is 17.7 Å². The number of H-pyrrole nitrogens is 1. The molecule has 1 aromatic heterocycles. The molecular formula is C16H11ClFN3O3. The standard InChI is InChI=1S/C16H11ClFN3O3/c1-8(22)24-14-6-10(17)13(7-11(14)18)19-16(23)15-9-4-2-3-5-12(9)20-21-15/h2-7H,1H3,(H,19,23)(H,20,21). The van der Waals surface area contributed by atoms with E-state index in [1.807, 2.05) is 6.07 Å². The molecular weight excluding hydrogens is 337 g/mol. The summed E-state index contributed by atoms with van der Waals surface area (Å²) in [6.07, 6.45) is 0. The minimum Gasteiger partial charge on any atom is -0.424 e. The zero-order valence-corrected chi connectivity index (χ0v) is 13.1. The van der Waals surface area contributed by atoms with E-state index in [2.05, 4.69) is 20.3 Å². The number of halogens is 2. The summed E-state index contributed by atoms with van der Waals surface area (Å²) in [6, 6.07) is 9.20. The molecule has 0 aliphatic carbocycles. The summed E-state index contributed by atoms with van der Waals surface area (Å²) in [7, 11) is 0. The molecule has 1 heterocycles. The Morgan fingerprint density at radius 2 is 2.04 bits per heavy atom.